The maximum absolute atomic E-state index is 13.8. The number of amides is 4. The number of hydrogen-bond donors (Lipinski definition) is 1. The molecule has 1 aromatic carbocycles. The molecule has 0 unspecified atom stereocenters. The number of urea groups is 1. The molecule has 27 heavy (non-hydrogen) atoms. The van der Waals surface area contributed by atoms with E-state index in [0.29, 0.717) is 24.3 Å². The van der Waals surface area contributed by atoms with Crippen molar-refractivity contribution in [2.24, 2.45) is 0 Å². The van der Waals surface area contributed by atoms with Crippen LogP contribution >= 0.6 is 11.8 Å². The summed E-state index contributed by atoms with van der Waals surface area (Å²) in [6.45, 7) is 2.37. The van der Waals surface area contributed by atoms with Gasteiger partial charge in [0.15, 0.2) is 0 Å². The molecule has 1 aromatic rings. The highest BCUT2D eigenvalue weighted by molar-refractivity contribution is 7.99. The lowest BCUT2D eigenvalue weighted by molar-refractivity contribution is -0.141. The summed E-state index contributed by atoms with van der Waals surface area (Å²) in [6, 6.07) is 3.84. The topological polar surface area (TPSA) is 69.7 Å². The molecule has 1 spiro atoms. The van der Waals surface area contributed by atoms with E-state index in [1.54, 1.807) is 11.0 Å². The van der Waals surface area contributed by atoms with Crippen LogP contribution in [0.15, 0.2) is 23.1 Å². The molecule has 0 saturated carbocycles. The molecule has 144 valence electrons. The number of piperidine rings is 1. The normalized spacial score (nSPS) is 27.7. The van der Waals surface area contributed by atoms with E-state index in [1.807, 2.05) is 6.92 Å². The summed E-state index contributed by atoms with van der Waals surface area (Å²) in [5.41, 5.74) is -0.786. The summed E-state index contributed by atoms with van der Waals surface area (Å²) in [7, 11) is 0. The van der Waals surface area contributed by atoms with E-state index < -0.39 is 23.3 Å². The number of imide groups is 1. The fourth-order valence-corrected chi connectivity index (χ4v) is 5.41. The smallest absolute Gasteiger partial charge is 0.325 e. The highest BCUT2D eigenvalue weighted by atomic mass is 32.2. The molecular weight excluding hydrogens is 369 g/mol. The van der Waals surface area contributed by atoms with E-state index in [2.05, 4.69) is 5.32 Å². The average molecular weight is 391 g/mol. The third-order valence-electron chi connectivity index (χ3n) is 5.73. The number of thioether (sulfide) groups is 1. The molecule has 3 heterocycles. The molecule has 2 fully saturated rings. The summed E-state index contributed by atoms with van der Waals surface area (Å²) in [5, 5.41) is 2.76. The van der Waals surface area contributed by atoms with Gasteiger partial charge in [-0.3, -0.25) is 14.5 Å². The number of hydrogen-bond acceptors (Lipinski definition) is 4. The van der Waals surface area contributed by atoms with Crippen LogP contribution in [0.25, 0.3) is 0 Å². The predicted molar refractivity (Wildman–Crippen MR) is 98.7 cm³/mol. The van der Waals surface area contributed by atoms with Crippen LogP contribution in [0.4, 0.5) is 9.18 Å². The Morgan fingerprint density at radius 1 is 1.37 bits per heavy atom. The zero-order valence-electron chi connectivity index (χ0n) is 15.2. The minimum absolute atomic E-state index is 0.113. The Balaban J connectivity index is 1.60. The predicted octanol–water partition coefficient (Wildman–Crippen LogP) is 2.47. The minimum atomic E-state index is -1.27. The summed E-state index contributed by atoms with van der Waals surface area (Å²) >= 11 is 1.54. The Bertz CT molecular complexity index is 817. The second-order valence-corrected chi connectivity index (χ2v) is 8.53. The van der Waals surface area contributed by atoms with Crippen LogP contribution < -0.4 is 5.32 Å². The molecule has 6 nitrogen and oxygen atoms in total. The highest BCUT2D eigenvalue weighted by Gasteiger charge is 2.55. The second-order valence-electron chi connectivity index (χ2n) is 7.40. The quantitative estimate of drug-likeness (QED) is 0.787. The number of rotatable bonds is 2. The molecule has 1 N–H and O–H groups in total. The van der Waals surface area contributed by atoms with E-state index in [0.717, 1.165) is 29.1 Å². The molecule has 4 rings (SSSR count). The summed E-state index contributed by atoms with van der Waals surface area (Å²) in [4.78, 5) is 42.0. The number of carbonyl (C=O) groups is 3. The van der Waals surface area contributed by atoms with Crippen molar-refractivity contribution >= 4 is 29.6 Å². The lowest BCUT2D eigenvalue weighted by Crippen LogP contribution is -2.49. The number of carbonyl (C=O) groups excluding carboxylic acids is 3. The van der Waals surface area contributed by atoms with Crippen molar-refractivity contribution in [3.63, 3.8) is 0 Å². The van der Waals surface area contributed by atoms with Crippen molar-refractivity contribution in [3.05, 3.63) is 29.6 Å². The van der Waals surface area contributed by atoms with Gasteiger partial charge in [0.05, 0.1) is 0 Å². The Kier molecular flexibility index (Phi) is 4.61. The molecule has 0 bridgehead atoms. The average Bonchev–Trinajstić information content (AvgIpc) is 2.88. The van der Waals surface area contributed by atoms with Crippen molar-refractivity contribution in [2.75, 3.05) is 18.8 Å². The Labute approximate surface area is 161 Å². The molecule has 3 aliphatic heterocycles. The fourth-order valence-electron chi connectivity index (χ4n) is 4.23. The minimum Gasteiger partial charge on any atom is -0.338 e. The first-order valence-corrected chi connectivity index (χ1v) is 10.3. The van der Waals surface area contributed by atoms with Crippen molar-refractivity contribution in [1.82, 2.24) is 15.1 Å². The van der Waals surface area contributed by atoms with Crippen LogP contribution in [0.1, 0.15) is 38.2 Å². The van der Waals surface area contributed by atoms with Crippen LogP contribution in [0.2, 0.25) is 0 Å². The number of fused-ring (bicyclic) bond motifs is 2. The zero-order chi connectivity index (χ0) is 19.2. The SMILES string of the molecule is C[C@@H]1CCCCN1C(=O)CN1C(=O)N[C@@]2(CCSc3ccc(F)cc32)C1=O. The van der Waals surface area contributed by atoms with Crippen molar-refractivity contribution in [3.8, 4) is 0 Å². The number of likely N-dealkylation sites (tertiary alicyclic amines) is 1. The molecule has 3 aliphatic rings. The molecule has 0 radical (unpaired) electrons. The second kappa shape index (κ2) is 6.82. The van der Waals surface area contributed by atoms with E-state index in [9.17, 15) is 18.8 Å². The van der Waals surface area contributed by atoms with Gasteiger partial charge in [0, 0.05) is 28.8 Å². The van der Waals surface area contributed by atoms with Gasteiger partial charge in [0.2, 0.25) is 5.91 Å². The Hall–Kier alpha value is -2.09. The summed E-state index contributed by atoms with van der Waals surface area (Å²) in [6.07, 6.45) is 3.32. The van der Waals surface area contributed by atoms with Crippen molar-refractivity contribution < 1.29 is 18.8 Å². The van der Waals surface area contributed by atoms with E-state index in [4.69, 9.17) is 0 Å². The van der Waals surface area contributed by atoms with Crippen molar-refractivity contribution in [2.45, 2.75) is 49.1 Å². The fraction of sp³-hybridized carbons (Fsp3) is 0.526. The van der Waals surface area contributed by atoms with Gasteiger partial charge in [-0.15, -0.1) is 11.8 Å². The standard InChI is InChI=1S/C19H22FN3O3S/c1-12-4-2-3-8-22(12)16(24)11-23-17(25)19(21-18(23)26)7-9-27-15-6-5-13(20)10-14(15)19/h5-6,10,12H,2-4,7-9,11H2,1H3,(H,21,26)/t12-,19-/m1/s1. The number of nitrogens with zero attached hydrogens (tertiary/aromatic N) is 2. The Morgan fingerprint density at radius 2 is 2.19 bits per heavy atom. The van der Waals surface area contributed by atoms with Crippen LogP contribution in [0.3, 0.4) is 0 Å². The maximum Gasteiger partial charge on any atom is 0.325 e. The zero-order valence-corrected chi connectivity index (χ0v) is 16.0. The lowest BCUT2D eigenvalue weighted by Gasteiger charge is -2.35. The monoisotopic (exact) mass is 391 g/mol. The van der Waals surface area contributed by atoms with Gasteiger partial charge < -0.3 is 10.2 Å². The van der Waals surface area contributed by atoms with Gasteiger partial charge in [0.1, 0.15) is 17.9 Å². The molecule has 8 heteroatoms. The van der Waals surface area contributed by atoms with Gasteiger partial charge in [-0.25, -0.2) is 9.18 Å². The van der Waals surface area contributed by atoms with Crippen molar-refractivity contribution in [1.29, 1.82) is 0 Å². The van der Waals surface area contributed by atoms with Gasteiger partial charge in [-0.05, 0) is 50.8 Å². The van der Waals surface area contributed by atoms with Gasteiger partial charge in [-0.1, -0.05) is 0 Å². The van der Waals surface area contributed by atoms with Gasteiger partial charge >= 0.3 is 6.03 Å². The molecule has 2 atom stereocenters. The van der Waals surface area contributed by atoms with E-state index in [1.165, 1.54) is 23.9 Å². The van der Waals surface area contributed by atoms with E-state index in [-0.39, 0.29) is 18.5 Å². The Morgan fingerprint density at radius 3 is 2.96 bits per heavy atom. The summed E-state index contributed by atoms with van der Waals surface area (Å²) < 4.78 is 13.8. The van der Waals surface area contributed by atoms with Crippen LogP contribution in [0, 0.1) is 5.82 Å². The number of halogens is 1. The largest absolute Gasteiger partial charge is 0.338 e. The first kappa shape index (κ1) is 18.3. The molecule has 0 aliphatic carbocycles. The molecule has 4 amide bonds. The first-order chi connectivity index (χ1) is 12.9. The molecule has 0 aromatic heterocycles. The third-order valence-corrected chi connectivity index (χ3v) is 6.80. The number of nitrogens with one attached hydrogen (secondary N) is 1. The van der Waals surface area contributed by atoms with Gasteiger partial charge in [0.25, 0.3) is 5.91 Å². The van der Waals surface area contributed by atoms with Crippen LogP contribution in [-0.2, 0) is 15.1 Å². The number of benzene rings is 1. The van der Waals surface area contributed by atoms with Gasteiger partial charge in [-0.2, -0.15) is 0 Å². The highest BCUT2D eigenvalue weighted by Crippen LogP contribution is 2.44. The van der Waals surface area contributed by atoms with Crippen LogP contribution in [0.5, 0.6) is 0 Å². The third kappa shape index (κ3) is 2.99. The molecular formula is C19H22FN3O3S. The van der Waals surface area contributed by atoms with E-state index >= 15 is 0 Å². The molecule has 2 saturated heterocycles. The lowest BCUT2D eigenvalue weighted by atomic mass is 9.86. The van der Waals surface area contributed by atoms with Crippen LogP contribution in [-0.4, -0.2) is 52.5 Å². The first-order valence-electron chi connectivity index (χ1n) is 9.29. The maximum atomic E-state index is 13.8. The summed E-state index contributed by atoms with van der Waals surface area (Å²) in [5.74, 6) is -0.491.